The van der Waals surface area contributed by atoms with E-state index >= 15 is 0 Å². The lowest BCUT2D eigenvalue weighted by Crippen LogP contribution is -1.98. The lowest BCUT2D eigenvalue weighted by Gasteiger charge is -2.03. The summed E-state index contributed by atoms with van der Waals surface area (Å²) in [6.07, 6.45) is 0. The first-order chi connectivity index (χ1) is 8.51. The number of phenolic OH excluding ortho intramolecular Hbond substituents is 1. The first kappa shape index (κ1) is 14.4. The Balaban J connectivity index is 3.09. The van der Waals surface area contributed by atoms with Crippen LogP contribution in [0.2, 0.25) is 0 Å². The van der Waals surface area contributed by atoms with Gasteiger partial charge in [-0.3, -0.25) is 0 Å². The molecule has 7 nitrogen and oxygen atoms in total. The molecular formula is C8H5Cl2NO6S2. The van der Waals surface area contributed by atoms with Crippen LogP contribution >= 0.6 is 21.4 Å². The number of halogens is 2. The molecule has 0 saturated heterocycles. The summed E-state index contributed by atoms with van der Waals surface area (Å²) in [4.78, 5) is 2.25. The number of rotatable bonds is 2. The standard InChI is InChI=1S/C8H5Cl2NO6S2/c1-3-11-6-7(12)4(18(9,13)14)2-5(8(6)17-3)19(10,15)16/h2,12H,1H3. The van der Waals surface area contributed by atoms with Gasteiger partial charge < -0.3 is 9.52 Å². The minimum absolute atomic E-state index is 0.0241. The molecule has 0 fully saturated rings. The molecule has 1 N–H and O–H groups in total. The second kappa shape index (κ2) is 4.23. The number of aromatic hydroxyl groups is 1. The largest absolute Gasteiger partial charge is 0.504 e. The molecule has 0 amide bonds. The molecule has 0 spiro atoms. The summed E-state index contributed by atoms with van der Waals surface area (Å²) in [6.45, 7) is 1.39. The second-order valence-electron chi connectivity index (χ2n) is 3.51. The maximum Gasteiger partial charge on any atom is 0.265 e. The molecular weight excluding hydrogens is 341 g/mol. The van der Waals surface area contributed by atoms with E-state index in [9.17, 15) is 21.9 Å². The molecule has 0 aliphatic carbocycles. The second-order valence-corrected chi connectivity index (χ2v) is 8.58. The van der Waals surface area contributed by atoms with Crippen LogP contribution in [0.1, 0.15) is 5.89 Å². The Labute approximate surface area is 116 Å². The summed E-state index contributed by atoms with van der Waals surface area (Å²) in [5, 5.41) is 9.76. The maximum atomic E-state index is 11.4. The number of oxazole rings is 1. The first-order valence-electron chi connectivity index (χ1n) is 4.54. The van der Waals surface area contributed by atoms with Gasteiger partial charge >= 0.3 is 0 Å². The third-order valence-corrected chi connectivity index (χ3v) is 4.87. The summed E-state index contributed by atoms with van der Waals surface area (Å²) < 4.78 is 50.4. The van der Waals surface area contributed by atoms with Crippen LogP contribution in [0.25, 0.3) is 11.1 Å². The van der Waals surface area contributed by atoms with E-state index in [4.69, 9.17) is 25.8 Å². The number of phenols is 1. The maximum absolute atomic E-state index is 11.4. The molecule has 0 unspecified atom stereocenters. The normalized spacial score (nSPS) is 13.0. The highest BCUT2D eigenvalue weighted by Crippen LogP contribution is 2.38. The summed E-state index contributed by atoms with van der Waals surface area (Å²) in [6, 6.07) is 0.618. The Morgan fingerprint density at radius 2 is 1.68 bits per heavy atom. The molecule has 1 heterocycles. The number of aromatic nitrogens is 1. The molecule has 2 aromatic rings. The van der Waals surface area contributed by atoms with Crippen molar-refractivity contribution in [3.05, 3.63) is 12.0 Å². The third kappa shape index (κ3) is 2.50. The number of hydrogen-bond donors (Lipinski definition) is 1. The molecule has 19 heavy (non-hydrogen) atoms. The topological polar surface area (TPSA) is 115 Å². The lowest BCUT2D eigenvalue weighted by atomic mass is 10.3. The van der Waals surface area contributed by atoms with Gasteiger partial charge in [0, 0.05) is 28.3 Å². The zero-order valence-corrected chi connectivity index (χ0v) is 12.2. The van der Waals surface area contributed by atoms with E-state index in [-0.39, 0.29) is 17.0 Å². The minimum atomic E-state index is -4.38. The Bertz CT molecular complexity index is 884. The van der Waals surface area contributed by atoms with Crippen molar-refractivity contribution in [1.29, 1.82) is 0 Å². The summed E-state index contributed by atoms with van der Waals surface area (Å²) >= 11 is 0. The van der Waals surface area contributed by atoms with E-state index in [0.29, 0.717) is 6.07 Å². The molecule has 11 heteroatoms. The van der Waals surface area contributed by atoms with Gasteiger partial charge in [0.05, 0.1) is 0 Å². The van der Waals surface area contributed by atoms with Gasteiger partial charge in [-0.2, -0.15) is 0 Å². The number of benzene rings is 1. The van der Waals surface area contributed by atoms with Crippen LogP contribution in [0.3, 0.4) is 0 Å². The van der Waals surface area contributed by atoms with Crippen molar-refractivity contribution in [2.75, 3.05) is 0 Å². The van der Waals surface area contributed by atoms with Crippen LogP contribution in [0.5, 0.6) is 5.75 Å². The van der Waals surface area contributed by atoms with E-state index < -0.39 is 33.6 Å². The fraction of sp³-hybridized carbons (Fsp3) is 0.125. The van der Waals surface area contributed by atoms with Crippen molar-refractivity contribution in [3.63, 3.8) is 0 Å². The van der Waals surface area contributed by atoms with Crippen molar-refractivity contribution < 1.29 is 26.4 Å². The lowest BCUT2D eigenvalue weighted by molar-refractivity contribution is 0.464. The number of aryl methyl sites for hydroxylation is 1. The molecule has 0 saturated carbocycles. The highest BCUT2D eigenvalue weighted by atomic mass is 35.7. The van der Waals surface area contributed by atoms with Gasteiger partial charge in [-0.05, 0) is 6.07 Å². The molecule has 0 atom stereocenters. The fourth-order valence-electron chi connectivity index (χ4n) is 1.49. The highest BCUT2D eigenvalue weighted by Gasteiger charge is 2.28. The van der Waals surface area contributed by atoms with Gasteiger partial charge in [0.2, 0.25) is 0 Å². The van der Waals surface area contributed by atoms with E-state index in [2.05, 4.69) is 4.98 Å². The predicted molar refractivity (Wildman–Crippen MR) is 66.5 cm³/mol. The Morgan fingerprint density at radius 1 is 1.16 bits per heavy atom. The summed E-state index contributed by atoms with van der Waals surface area (Å²) in [5.74, 6) is -0.776. The van der Waals surface area contributed by atoms with E-state index in [0.717, 1.165) is 0 Å². The van der Waals surface area contributed by atoms with Crippen LogP contribution in [-0.4, -0.2) is 26.9 Å². The molecule has 0 aliphatic heterocycles. The van der Waals surface area contributed by atoms with Crippen molar-refractivity contribution in [2.45, 2.75) is 16.7 Å². The highest BCUT2D eigenvalue weighted by molar-refractivity contribution is 8.14. The van der Waals surface area contributed by atoms with Gasteiger partial charge in [-0.1, -0.05) is 0 Å². The molecule has 0 bridgehead atoms. The zero-order chi connectivity index (χ0) is 14.6. The quantitative estimate of drug-likeness (QED) is 0.823. The van der Waals surface area contributed by atoms with E-state index in [1.165, 1.54) is 6.92 Å². The Hall–Kier alpha value is -1.03. The fourth-order valence-corrected chi connectivity index (χ4v) is 3.47. The number of fused-ring (bicyclic) bond motifs is 1. The van der Waals surface area contributed by atoms with Crippen molar-refractivity contribution in [2.24, 2.45) is 0 Å². The van der Waals surface area contributed by atoms with Crippen LogP contribution < -0.4 is 0 Å². The van der Waals surface area contributed by atoms with Crippen LogP contribution in [-0.2, 0) is 18.1 Å². The van der Waals surface area contributed by atoms with E-state index in [1.807, 2.05) is 0 Å². The van der Waals surface area contributed by atoms with Gasteiger partial charge in [0.25, 0.3) is 18.1 Å². The summed E-state index contributed by atoms with van der Waals surface area (Å²) in [7, 11) is 1.60. The van der Waals surface area contributed by atoms with Gasteiger partial charge in [-0.15, -0.1) is 0 Å². The van der Waals surface area contributed by atoms with Gasteiger partial charge in [0.15, 0.2) is 22.7 Å². The molecule has 104 valence electrons. The average molecular weight is 346 g/mol. The minimum Gasteiger partial charge on any atom is -0.504 e. The van der Waals surface area contributed by atoms with Crippen LogP contribution in [0.4, 0.5) is 0 Å². The summed E-state index contributed by atoms with van der Waals surface area (Å²) in [5.41, 5.74) is -0.687. The smallest absolute Gasteiger partial charge is 0.265 e. The molecule has 0 aliphatic rings. The van der Waals surface area contributed by atoms with Crippen LogP contribution in [0, 0.1) is 6.92 Å². The van der Waals surface area contributed by atoms with Gasteiger partial charge in [-0.25, -0.2) is 21.8 Å². The molecule has 1 aromatic heterocycles. The number of hydrogen-bond acceptors (Lipinski definition) is 7. The SMILES string of the molecule is Cc1nc2c(O)c(S(=O)(=O)Cl)cc(S(=O)(=O)Cl)c2o1. The molecule has 0 radical (unpaired) electrons. The Morgan fingerprint density at radius 3 is 2.16 bits per heavy atom. The zero-order valence-electron chi connectivity index (χ0n) is 9.09. The molecule has 1 aromatic carbocycles. The number of nitrogens with zero attached hydrogens (tertiary/aromatic N) is 1. The monoisotopic (exact) mass is 345 g/mol. The van der Waals surface area contributed by atoms with E-state index in [1.54, 1.807) is 0 Å². The van der Waals surface area contributed by atoms with Gasteiger partial charge in [0.1, 0.15) is 9.79 Å². The third-order valence-electron chi connectivity index (χ3n) is 2.20. The Kier molecular flexibility index (Phi) is 3.21. The van der Waals surface area contributed by atoms with Crippen molar-refractivity contribution in [1.82, 2.24) is 4.98 Å². The van der Waals surface area contributed by atoms with Crippen molar-refractivity contribution in [3.8, 4) is 5.75 Å². The van der Waals surface area contributed by atoms with Crippen LogP contribution in [0.15, 0.2) is 20.3 Å². The van der Waals surface area contributed by atoms with Crippen molar-refractivity contribution >= 4 is 50.6 Å². The average Bonchev–Trinajstić information content (AvgIpc) is 2.56. The predicted octanol–water partition coefficient (Wildman–Crippen LogP) is 1.70. The first-order valence-corrected chi connectivity index (χ1v) is 9.16. The molecule has 2 rings (SSSR count).